The van der Waals surface area contributed by atoms with Crippen molar-refractivity contribution < 1.29 is 37.6 Å². The zero-order valence-corrected chi connectivity index (χ0v) is 28.9. The standard InChI is InChI=1S/C33H52O8Si/c1-14-24(19-41-42(21(2)3,22(4)5)23(6)7)18-40-20-26-17-29(36-10)32(38-12)33(39-13)30(26)25-15-27(34-8)31(37-11)28(16-25)35-9/h14-17,21-23H,18-20H2,1-13H3/b24-14+. The van der Waals surface area contributed by atoms with Crippen molar-refractivity contribution in [2.45, 2.75) is 71.7 Å². The third-order valence-corrected chi connectivity index (χ3v) is 14.1. The van der Waals surface area contributed by atoms with Gasteiger partial charge in [-0.25, -0.2) is 0 Å². The third kappa shape index (κ3) is 7.36. The molecule has 9 heteroatoms. The summed E-state index contributed by atoms with van der Waals surface area (Å²) >= 11 is 0. The second-order valence-corrected chi connectivity index (χ2v) is 16.6. The van der Waals surface area contributed by atoms with E-state index in [4.69, 9.17) is 37.6 Å². The van der Waals surface area contributed by atoms with Crippen LogP contribution in [0.3, 0.4) is 0 Å². The summed E-state index contributed by atoms with van der Waals surface area (Å²) in [6.07, 6.45) is 2.09. The van der Waals surface area contributed by atoms with Crippen molar-refractivity contribution in [2.24, 2.45) is 0 Å². The molecule has 42 heavy (non-hydrogen) atoms. The zero-order chi connectivity index (χ0) is 31.6. The summed E-state index contributed by atoms with van der Waals surface area (Å²) in [6, 6.07) is 5.68. The quantitative estimate of drug-likeness (QED) is 0.133. The minimum Gasteiger partial charge on any atom is -0.493 e. The molecule has 0 aromatic heterocycles. The highest BCUT2D eigenvalue weighted by atomic mass is 28.4. The van der Waals surface area contributed by atoms with Crippen LogP contribution in [0.5, 0.6) is 34.5 Å². The molecule has 0 unspecified atom stereocenters. The van der Waals surface area contributed by atoms with Gasteiger partial charge in [0.2, 0.25) is 19.8 Å². The van der Waals surface area contributed by atoms with Crippen LogP contribution in [0.4, 0.5) is 0 Å². The molecule has 0 radical (unpaired) electrons. The molecule has 8 nitrogen and oxygen atoms in total. The van der Waals surface area contributed by atoms with Gasteiger partial charge in [0.25, 0.3) is 0 Å². The SMILES string of the molecule is C/C=C(\COCc1cc(OC)c(OC)c(OC)c1-c1cc(OC)c(OC)c(OC)c1)CO[Si](C(C)C)(C(C)C)C(C)C. The fourth-order valence-electron chi connectivity index (χ4n) is 6.08. The van der Waals surface area contributed by atoms with Crippen molar-refractivity contribution in [3.63, 3.8) is 0 Å². The van der Waals surface area contributed by atoms with E-state index < -0.39 is 8.32 Å². The van der Waals surface area contributed by atoms with Crippen LogP contribution in [0.2, 0.25) is 16.6 Å². The average molecular weight is 605 g/mol. The van der Waals surface area contributed by atoms with Crippen molar-refractivity contribution >= 4 is 8.32 Å². The number of ether oxygens (including phenoxy) is 7. The van der Waals surface area contributed by atoms with Gasteiger partial charge < -0.3 is 37.6 Å². The van der Waals surface area contributed by atoms with Gasteiger partial charge >= 0.3 is 0 Å². The average Bonchev–Trinajstić information content (AvgIpc) is 2.97. The van der Waals surface area contributed by atoms with E-state index in [1.165, 1.54) is 0 Å². The summed E-state index contributed by atoms with van der Waals surface area (Å²) in [5.74, 6) is 3.09. The first-order valence-electron chi connectivity index (χ1n) is 14.5. The van der Waals surface area contributed by atoms with Crippen molar-refractivity contribution in [3.05, 3.63) is 35.4 Å². The molecular weight excluding hydrogens is 552 g/mol. The molecule has 0 aliphatic rings. The molecule has 0 heterocycles. The Balaban J connectivity index is 2.50. The van der Waals surface area contributed by atoms with Crippen molar-refractivity contribution in [3.8, 4) is 45.6 Å². The highest BCUT2D eigenvalue weighted by Gasteiger charge is 2.45. The van der Waals surface area contributed by atoms with Crippen LogP contribution in [0.15, 0.2) is 29.8 Å². The highest BCUT2D eigenvalue weighted by molar-refractivity contribution is 6.77. The number of rotatable bonds is 17. The molecule has 0 saturated heterocycles. The van der Waals surface area contributed by atoms with Gasteiger partial charge in [-0.2, -0.15) is 0 Å². The molecule has 0 aliphatic carbocycles. The molecule has 2 rings (SSSR count). The van der Waals surface area contributed by atoms with E-state index >= 15 is 0 Å². The Labute approximate surface area is 254 Å². The molecule has 236 valence electrons. The van der Waals surface area contributed by atoms with E-state index in [1.54, 1.807) is 42.7 Å². The number of benzene rings is 2. The van der Waals surface area contributed by atoms with E-state index in [1.807, 2.05) is 25.1 Å². The lowest BCUT2D eigenvalue weighted by molar-refractivity contribution is 0.134. The van der Waals surface area contributed by atoms with Crippen molar-refractivity contribution in [2.75, 3.05) is 55.9 Å². The van der Waals surface area contributed by atoms with Crippen molar-refractivity contribution in [1.82, 2.24) is 0 Å². The minimum atomic E-state index is -2.00. The predicted octanol–water partition coefficient (Wildman–Crippen LogP) is 8.06. The maximum Gasteiger partial charge on any atom is 0.203 e. The Morgan fingerprint density at radius 1 is 0.643 bits per heavy atom. The topological polar surface area (TPSA) is 73.8 Å². The molecule has 0 atom stereocenters. The van der Waals surface area contributed by atoms with Crippen LogP contribution < -0.4 is 28.4 Å². The number of methoxy groups -OCH3 is 6. The van der Waals surface area contributed by atoms with Crippen LogP contribution in [-0.2, 0) is 15.8 Å². The van der Waals surface area contributed by atoms with Gasteiger partial charge in [-0.3, -0.25) is 0 Å². The number of allylic oxidation sites excluding steroid dienone is 1. The molecule has 0 saturated carbocycles. The fourth-order valence-corrected chi connectivity index (χ4v) is 11.5. The Morgan fingerprint density at radius 3 is 1.52 bits per heavy atom. The molecule has 0 fully saturated rings. The highest BCUT2D eigenvalue weighted by Crippen LogP contribution is 2.50. The summed E-state index contributed by atoms with van der Waals surface area (Å²) in [6.45, 7) is 17.1. The van der Waals surface area contributed by atoms with Crippen molar-refractivity contribution in [1.29, 1.82) is 0 Å². The largest absolute Gasteiger partial charge is 0.493 e. The van der Waals surface area contributed by atoms with Gasteiger partial charge in [0.15, 0.2) is 23.0 Å². The third-order valence-electron chi connectivity index (χ3n) is 8.03. The van der Waals surface area contributed by atoms with E-state index in [0.29, 0.717) is 70.9 Å². The molecule has 0 aliphatic heterocycles. The second-order valence-electron chi connectivity index (χ2n) is 11.1. The van der Waals surface area contributed by atoms with Crippen LogP contribution >= 0.6 is 0 Å². The number of hydrogen-bond acceptors (Lipinski definition) is 8. The Bertz CT molecular complexity index is 1140. The molecule has 0 bridgehead atoms. The van der Waals surface area contributed by atoms with Gasteiger partial charge in [0.1, 0.15) is 0 Å². The Morgan fingerprint density at radius 2 is 1.12 bits per heavy atom. The normalized spacial score (nSPS) is 12.2. The summed E-state index contributed by atoms with van der Waals surface area (Å²) < 4.78 is 47.3. The Hall–Kier alpha value is -2.88. The lowest BCUT2D eigenvalue weighted by atomic mass is 9.96. The smallest absolute Gasteiger partial charge is 0.203 e. The van der Waals surface area contributed by atoms with Crippen LogP contribution in [0, 0.1) is 0 Å². The van der Waals surface area contributed by atoms with E-state index in [-0.39, 0.29) is 0 Å². The van der Waals surface area contributed by atoms with E-state index in [0.717, 1.165) is 22.3 Å². The first kappa shape index (κ1) is 35.3. The lowest BCUT2D eigenvalue weighted by Gasteiger charge is -2.42. The Kier molecular flexibility index (Phi) is 13.5. The molecule has 0 N–H and O–H groups in total. The molecular formula is C33H52O8Si. The first-order valence-corrected chi connectivity index (χ1v) is 16.6. The fraction of sp³-hybridized carbons (Fsp3) is 0.576. The monoisotopic (exact) mass is 604 g/mol. The predicted molar refractivity (Wildman–Crippen MR) is 172 cm³/mol. The minimum absolute atomic E-state index is 0.293. The first-order chi connectivity index (χ1) is 20.0. The summed E-state index contributed by atoms with van der Waals surface area (Å²) in [4.78, 5) is 0. The van der Waals surface area contributed by atoms with E-state index in [9.17, 15) is 0 Å². The molecule has 2 aromatic rings. The summed E-state index contributed by atoms with van der Waals surface area (Å²) in [7, 11) is 7.55. The summed E-state index contributed by atoms with van der Waals surface area (Å²) in [5, 5.41) is 0. The van der Waals surface area contributed by atoms with Gasteiger partial charge in [0, 0.05) is 5.56 Å². The van der Waals surface area contributed by atoms with Crippen LogP contribution in [0.25, 0.3) is 11.1 Å². The summed E-state index contributed by atoms with van der Waals surface area (Å²) in [5.41, 5.74) is 5.06. The van der Waals surface area contributed by atoms with Gasteiger partial charge in [-0.05, 0) is 58.4 Å². The van der Waals surface area contributed by atoms with Crippen LogP contribution in [0.1, 0.15) is 54.0 Å². The maximum atomic E-state index is 6.83. The van der Waals surface area contributed by atoms with Gasteiger partial charge in [0.05, 0.1) is 62.5 Å². The number of hydrogen-bond donors (Lipinski definition) is 0. The zero-order valence-electron chi connectivity index (χ0n) is 27.9. The second kappa shape index (κ2) is 16.1. The van der Waals surface area contributed by atoms with Gasteiger partial charge in [-0.15, -0.1) is 0 Å². The molecule has 0 spiro atoms. The molecule has 2 aromatic carbocycles. The molecule has 0 amide bonds. The van der Waals surface area contributed by atoms with E-state index in [2.05, 4.69) is 47.6 Å². The maximum absolute atomic E-state index is 6.83. The lowest BCUT2D eigenvalue weighted by Crippen LogP contribution is -2.48. The van der Waals surface area contributed by atoms with Crippen LogP contribution in [-0.4, -0.2) is 64.2 Å². The van der Waals surface area contributed by atoms with Gasteiger partial charge in [-0.1, -0.05) is 47.6 Å².